The second-order valence-electron chi connectivity index (χ2n) is 6.41. The molecule has 146 valence electrons. The molecule has 0 aliphatic heterocycles. The van der Waals surface area contributed by atoms with Gasteiger partial charge in [-0.1, -0.05) is 42.1 Å². The van der Waals surface area contributed by atoms with Gasteiger partial charge in [0.05, 0.1) is 20.7 Å². The lowest BCUT2D eigenvalue weighted by molar-refractivity contribution is -0.115. The fourth-order valence-electron chi connectivity index (χ4n) is 2.54. The molecule has 0 bridgehead atoms. The number of nitrogens with one attached hydrogen (secondary N) is 1. The number of carbonyl (C=O) groups excluding carboxylic acids is 1. The van der Waals surface area contributed by atoms with Crippen molar-refractivity contribution in [2.45, 2.75) is 22.1 Å². The number of anilines is 1. The van der Waals surface area contributed by atoms with Crippen molar-refractivity contribution < 1.29 is 13.2 Å². The monoisotopic (exact) mass is 415 g/mol. The van der Waals surface area contributed by atoms with Gasteiger partial charge in [0.2, 0.25) is 15.9 Å². The first-order valence-corrected chi connectivity index (χ1v) is 11.0. The van der Waals surface area contributed by atoms with Crippen molar-refractivity contribution in [2.75, 3.05) is 19.4 Å². The Morgan fingerprint density at radius 2 is 1.82 bits per heavy atom. The van der Waals surface area contributed by atoms with Gasteiger partial charge in [-0.3, -0.25) is 4.79 Å². The lowest BCUT2D eigenvalue weighted by Gasteiger charge is -2.14. The lowest BCUT2D eigenvalue weighted by Crippen LogP contribution is -2.24. The van der Waals surface area contributed by atoms with Crippen LogP contribution in [0.5, 0.6) is 0 Å². The van der Waals surface area contributed by atoms with E-state index in [2.05, 4.69) is 10.3 Å². The molecular formula is C20H21N3O3S2. The number of benzene rings is 2. The fourth-order valence-corrected chi connectivity index (χ4v) is 4.31. The summed E-state index contributed by atoms with van der Waals surface area (Å²) in [6.45, 7) is 1.79. The van der Waals surface area contributed by atoms with Crippen molar-refractivity contribution in [3.8, 4) is 0 Å². The summed E-state index contributed by atoms with van der Waals surface area (Å²) in [6.07, 6.45) is 0. The molecule has 1 atom stereocenters. The number of nitrogens with zero attached hydrogens (tertiary/aromatic N) is 2. The molecule has 28 heavy (non-hydrogen) atoms. The lowest BCUT2D eigenvalue weighted by atomic mass is 10.2. The van der Waals surface area contributed by atoms with Crippen LogP contribution in [0.2, 0.25) is 0 Å². The Morgan fingerprint density at radius 1 is 1.07 bits per heavy atom. The zero-order valence-corrected chi connectivity index (χ0v) is 17.4. The minimum absolute atomic E-state index is 0.131. The van der Waals surface area contributed by atoms with Crippen LogP contribution in [0.25, 0.3) is 10.9 Å². The predicted molar refractivity (Wildman–Crippen MR) is 113 cm³/mol. The summed E-state index contributed by atoms with van der Waals surface area (Å²) in [7, 11) is -0.622. The Bertz CT molecular complexity index is 1110. The van der Waals surface area contributed by atoms with Crippen LogP contribution < -0.4 is 5.32 Å². The molecule has 1 N–H and O–H groups in total. The number of pyridine rings is 1. The van der Waals surface area contributed by atoms with E-state index in [0.29, 0.717) is 5.69 Å². The number of carbonyl (C=O) groups is 1. The molecule has 0 radical (unpaired) electrons. The maximum absolute atomic E-state index is 12.6. The van der Waals surface area contributed by atoms with Gasteiger partial charge in [-0.25, -0.2) is 17.7 Å². The maximum Gasteiger partial charge on any atom is 0.242 e. The summed E-state index contributed by atoms with van der Waals surface area (Å²) >= 11 is 1.35. The number of thioether (sulfide) groups is 1. The molecular weight excluding hydrogens is 394 g/mol. The van der Waals surface area contributed by atoms with Gasteiger partial charge >= 0.3 is 0 Å². The predicted octanol–water partition coefficient (Wildman–Crippen LogP) is 3.60. The molecule has 1 heterocycles. The van der Waals surface area contributed by atoms with Crippen LogP contribution in [-0.2, 0) is 14.8 Å². The summed E-state index contributed by atoms with van der Waals surface area (Å²) in [5.74, 6) is -0.223. The maximum atomic E-state index is 12.6. The average Bonchev–Trinajstić information content (AvgIpc) is 2.68. The highest BCUT2D eigenvalue weighted by Crippen LogP contribution is 2.25. The third-order valence-electron chi connectivity index (χ3n) is 4.12. The molecule has 0 aliphatic carbocycles. The molecule has 3 rings (SSSR count). The van der Waals surface area contributed by atoms with Gasteiger partial charge in [-0.2, -0.15) is 0 Å². The highest BCUT2D eigenvalue weighted by Gasteiger charge is 2.19. The Balaban J connectivity index is 1.72. The Morgan fingerprint density at radius 3 is 2.57 bits per heavy atom. The van der Waals surface area contributed by atoms with E-state index in [1.807, 2.05) is 36.4 Å². The summed E-state index contributed by atoms with van der Waals surface area (Å²) in [6, 6.07) is 17.9. The van der Waals surface area contributed by atoms with Gasteiger partial charge in [0, 0.05) is 25.2 Å². The van der Waals surface area contributed by atoms with E-state index in [9.17, 15) is 13.2 Å². The normalized spacial score (nSPS) is 12.9. The van der Waals surface area contributed by atoms with E-state index in [-0.39, 0.29) is 10.8 Å². The molecule has 6 nitrogen and oxygen atoms in total. The molecule has 1 amide bonds. The second kappa shape index (κ2) is 8.30. The molecule has 0 spiro atoms. The molecule has 0 fully saturated rings. The molecule has 2 aromatic carbocycles. The molecule has 3 aromatic rings. The number of rotatable bonds is 6. The first-order chi connectivity index (χ1) is 13.3. The molecule has 0 saturated heterocycles. The van der Waals surface area contributed by atoms with Gasteiger partial charge in [0.1, 0.15) is 0 Å². The SMILES string of the molecule is CC(Sc1ccc2ccccc2n1)C(=O)Nc1cccc(S(=O)(=O)N(C)C)c1. The molecule has 8 heteroatoms. The highest BCUT2D eigenvalue weighted by atomic mass is 32.2. The standard InChI is InChI=1S/C20H21N3O3S2/c1-14(27-19-12-11-15-7-4-5-10-18(15)22-19)20(24)21-16-8-6-9-17(13-16)28(25,26)23(2)3/h4-14H,1-3H3,(H,21,24). The molecule has 1 aromatic heterocycles. The fraction of sp³-hybridized carbons (Fsp3) is 0.200. The first kappa shape index (κ1) is 20.3. The number of hydrogen-bond donors (Lipinski definition) is 1. The van der Waals surface area contributed by atoms with Gasteiger partial charge in [0.15, 0.2) is 0 Å². The van der Waals surface area contributed by atoms with Crippen LogP contribution in [0, 0.1) is 0 Å². The van der Waals surface area contributed by atoms with E-state index in [0.717, 1.165) is 20.2 Å². The Kier molecular flexibility index (Phi) is 6.02. The van der Waals surface area contributed by atoms with E-state index in [1.165, 1.54) is 38.0 Å². The van der Waals surface area contributed by atoms with Crippen LogP contribution >= 0.6 is 11.8 Å². The van der Waals surface area contributed by atoms with Crippen molar-refractivity contribution in [2.24, 2.45) is 0 Å². The number of aromatic nitrogens is 1. The van der Waals surface area contributed by atoms with Crippen molar-refractivity contribution in [3.63, 3.8) is 0 Å². The number of hydrogen-bond acceptors (Lipinski definition) is 5. The third kappa shape index (κ3) is 4.52. The minimum Gasteiger partial charge on any atom is -0.325 e. The second-order valence-corrected chi connectivity index (χ2v) is 9.92. The smallest absolute Gasteiger partial charge is 0.242 e. The summed E-state index contributed by atoms with van der Waals surface area (Å²) in [4.78, 5) is 17.3. The third-order valence-corrected chi connectivity index (χ3v) is 6.97. The number of sulfonamides is 1. The topological polar surface area (TPSA) is 79.4 Å². The van der Waals surface area contributed by atoms with E-state index < -0.39 is 15.3 Å². The Hall–Kier alpha value is -2.42. The van der Waals surface area contributed by atoms with Crippen molar-refractivity contribution >= 4 is 44.3 Å². The van der Waals surface area contributed by atoms with Crippen molar-refractivity contribution in [1.29, 1.82) is 0 Å². The average molecular weight is 416 g/mol. The minimum atomic E-state index is -3.56. The zero-order valence-electron chi connectivity index (χ0n) is 15.8. The van der Waals surface area contributed by atoms with Gasteiger partial charge in [-0.05, 0) is 37.3 Å². The number of para-hydroxylation sites is 1. The number of amides is 1. The summed E-state index contributed by atoms with van der Waals surface area (Å²) in [5.41, 5.74) is 1.31. The molecule has 1 unspecified atom stereocenters. The summed E-state index contributed by atoms with van der Waals surface area (Å²) < 4.78 is 25.6. The van der Waals surface area contributed by atoms with Gasteiger partial charge < -0.3 is 5.32 Å². The van der Waals surface area contributed by atoms with E-state index in [4.69, 9.17) is 0 Å². The van der Waals surface area contributed by atoms with Gasteiger partial charge in [0.25, 0.3) is 0 Å². The highest BCUT2D eigenvalue weighted by molar-refractivity contribution is 8.00. The summed E-state index contributed by atoms with van der Waals surface area (Å²) in [5, 5.41) is 4.18. The van der Waals surface area contributed by atoms with Crippen molar-refractivity contribution in [3.05, 3.63) is 60.7 Å². The quantitative estimate of drug-likeness (QED) is 0.622. The largest absolute Gasteiger partial charge is 0.325 e. The zero-order chi connectivity index (χ0) is 20.3. The first-order valence-electron chi connectivity index (χ1n) is 8.63. The van der Waals surface area contributed by atoms with E-state index >= 15 is 0 Å². The van der Waals surface area contributed by atoms with Crippen LogP contribution in [-0.4, -0.2) is 43.0 Å². The van der Waals surface area contributed by atoms with Crippen LogP contribution in [0.1, 0.15) is 6.92 Å². The molecule has 0 aliphatic rings. The number of fused-ring (bicyclic) bond motifs is 1. The van der Waals surface area contributed by atoms with Crippen molar-refractivity contribution in [1.82, 2.24) is 9.29 Å². The van der Waals surface area contributed by atoms with E-state index in [1.54, 1.807) is 19.1 Å². The molecule has 0 saturated carbocycles. The van der Waals surface area contributed by atoms with Crippen LogP contribution in [0.4, 0.5) is 5.69 Å². The van der Waals surface area contributed by atoms with Gasteiger partial charge in [-0.15, -0.1) is 0 Å². The Labute approximate surface area is 169 Å². The van der Waals surface area contributed by atoms with Crippen LogP contribution in [0.3, 0.4) is 0 Å². The van der Waals surface area contributed by atoms with Crippen LogP contribution in [0.15, 0.2) is 70.6 Å².